The molecule has 1 amide bonds. The predicted molar refractivity (Wildman–Crippen MR) is 47.4 cm³/mol. The summed E-state index contributed by atoms with van der Waals surface area (Å²) < 4.78 is 0.263. The number of nitrogens with zero attached hydrogens (tertiary/aromatic N) is 2. The van der Waals surface area contributed by atoms with Gasteiger partial charge in [-0.15, -0.1) is 16.8 Å². The third kappa shape index (κ3) is 2.28. The van der Waals surface area contributed by atoms with Gasteiger partial charge in [-0.05, 0) is 11.6 Å². The number of amides is 1. The first-order valence-corrected chi connectivity index (χ1v) is 4.31. The maximum Gasteiger partial charge on any atom is 0.282 e. The molecule has 0 aliphatic rings. The van der Waals surface area contributed by atoms with Gasteiger partial charge in [0.05, 0.1) is 0 Å². The summed E-state index contributed by atoms with van der Waals surface area (Å²) in [5.41, 5.74) is 0. The number of aromatic nitrogens is 2. The molecule has 0 radical (unpaired) electrons. The van der Waals surface area contributed by atoms with Gasteiger partial charge >= 0.3 is 0 Å². The molecule has 0 saturated heterocycles. The Morgan fingerprint density at radius 1 is 1.75 bits per heavy atom. The Morgan fingerprint density at radius 2 is 2.50 bits per heavy atom. The smallest absolute Gasteiger partial charge is 0.282 e. The van der Waals surface area contributed by atoms with Gasteiger partial charge in [0.1, 0.15) is 0 Å². The van der Waals surface area contributed by atoms with Crippen LogP contribution in [0.2, 0.25) is 4.47 Å². The summed E-state index contributed by atoms with van der Waals surface area (Å²) in [4.78, 5) is 11.1. The summed E-state index contributed by atoms with van der Waals surface area (Å²) in [5.74, 6) is -0.278. The molecule has 64 valence electrons. The second kappa shape index (κ2) is 4.18. The van der Waals surface area contributed by atoms with Gasteiger partial charge in [-0.2, -0.15) is 0 Å². The quantitative estimate of drug-likeness (QED) is 0.749. The normalized spacial score (nSPS) is 9.42. The Kier molecular flexibility index (Phi) is 3.19. The summed E-state index contributed by atoms with van der Waals surface area (Å²) in [5, 5.41) is 9.87. The number of halogens is 1. The number of carbonyl (C=O) groups excluding carboxylic acids is 1. The molecule has 0 bridgehead atoms. The number of carbonyl (C=O) groups is 1. The van der Waals surface area contributed by atoms with Crippen molar-refractivity contribution in [1.82, 2.24) is 15.5 Å². The Morgan fingerprint density at radius 3 is 3.00 bits per heavy atom. The lowest BCUT2D eigenvalue weighted by Crippen LogP contribution is -2.22. The molecular weight excluding hydrogens is 198 g/mol. The molecule has 0 atom stereocenters. The van der Waals surface area contributed by atoms with E-state index in [-0.39, 0.29) is 15.4 Å². The van der Waals surface area contributed by atoms with E-state index in [1.807, 2.05) is 0 Å². The standard InChI is InChI=1S/C6H6ClN3OS/c1-2-3-8-4(11)5-9-10-6(7)12-5/h2H,1,3H2,(H,8,11). The molecular formula is C6H6ClN3OS. The fourth-order valence-electron chi connectivity index (χ4n) is 0.538. The molecule has 1 aromatic heterocycles. The molecule has 6 heteroatoms. The molecule has 0 saturated carbocycles. The van der Waals surface area contributed by atoms with Crippen molar-refractivity contribution >= 4 is 28.8 Å². The fraction of sp³-hybridized carbons (Fsp3) is 0.167. The largest absolute Gasteiger partial charge is 0.346 e. The molecule has 1 N–H and O–H groups in total. The highest BCUT2D eigenvalue weighted by Gasteiger charge is 2.09. The van der Waals surface area contributed by atoms with Crippen LogP contribution in [0.1, 0.15) is 9.80 Å². The highest BCUT2D eigenvalue weighted by atomic mass is 35.5. The SMILES string of the molecule is C=CCNC(=O)c1nnc(Cl)s1. The topological polar surface area (TPSA) is 54.9 Å². The average Bonchev–Trinajstić information content (AvgIpc) is 2.47. The maximum atomic E-state index is 11.1. The zero-order valence-corrected chi connectivity index (χ0v) is 7.65. The maximum absolute atomic E-state index is 11.1. The first kappa shape index (κ1) is 9.15. The van der Waals surface area contributed by atoms with Gasteiger partial charge in [0.25, 0.3) is 5.91 Å². The van der Waals surface area contributed by atoms with Crippen molar-refractivity contribution in [2.45, 2.75) is 0 Å². The van der Waals surface area contributed by atoms with Gasteiger partial charge in [-0.3, -0.25) is 4.79 Å². The van der Waals surface area contributed by atoms with Crippen molar-refractivity contribution in [2.24, 2.45) is 0 Å². The zero-order valence-electron chi connectivity index (χ0n) is 6.08. The van der Waals surface area contributed by atoms with E-state index in [0.717, 1.165) is 11.3 Å². The molecule has 1 rings (SSSR count). The minimum atomic E-state index is -0.278. The van der Waals surface area contributed by atoms with Crippen LogP contribution in [0.3, 0.4) is 0 Å². The van der Waals surface area contributed by atoms with Crippen LogP contribution in [-0.4, -0.2) is 22.6 Å². The van der Waals surface area contributed by atoms with E-state index in [1.165, 1.54) is 0 Å². The third-order valence-corrected chi connectivity index (χ3v) is 2.02. The lowest BCUT2D eigenvalue weighted by molar-refractivity contribution is 0.0957. The Bertz CT molecular complexity index is 299. The predicted octanol–water partition coefficient (Wildman–Crippen LogP) is 1.11. The number of rotatable bonds is 3. The van der Waals surface area contributed by atoms with Crippen LogP contribution >= 0.6 is 22.9 Å². The molecule has 12 heavy (non-hydrogen) atoms. The van der Waals surface area contributed by atoms with Gasteiger partial charge < -0.3 is 5.32 Å². The van der Waals surface area contributed by atoms with E-state index in [4.69, 9.17) is 11.6 Å². The molecule has 1 heterocycles. The summed E-state index contributed by atoms with van der Waals surface area (Å²) >= 11 is 6.53. The average molecular weight is 204 g/mol. The Hall–Kier alpha value is -0.940. The minimum absolute atomic E-state index is 0.263. The lowest BCUT2D eigenvalue weighted by Gasteiger charge is -1.94. The highest BCUT2D eigenvalue weighted by molar-refractivity contribution is 7.17. The highest BCUT2D eigenvalue weighted by Crippen LogP contribution is 2.14. The van der Waals surface area contributed by atoms with Crippen LogP contribution in [0.4, 0.5) is 0 Å². The first-order valence-electron chi connectivity index (χ1n) is 3.12. The monoisotopic (exact) mass is 203 g/mol. The first-order chi connectivity index (χ1) is 5.74. The summed E-state index contributed by atoms with van der Waals surface area (Å²) in [6.45, 7) is 3.87. The van der Waals surface area contributed by atoms with Crippen molar-refractivity contribution < 1.29 is 4.79 Å². The number of hydrogen-bond acceptors (Lipinski definition) is 4. The fourth-order valence-corrected chi connectivity index (χ4v) is 1.28. The van der Waals surface area contributed by atoms with E-state index in [2.05, 4.69) is 22.1 Å². The lowest BCUT2D eigenvalue weighted by atomic mass is 10.5. The zero-order chi connectivity index (χ0) is 8.97. The van der Waals surface area contributed by atoms with E-state index in [1.54, 1.807) is 6.08 Å². The molecule has 1 aromatic rings. The molecule has 0 fully saturated rings. The van der Waals surface area contributed by atoms with Crippen LogP contribution < -0.4 is 5.32 Å². The molecule has 4 nitrogen and oxygen atoms in total. The van der Waals surface area contributed by atoms with Crippen molar-refractivity contribution in [3.05, 3.63) is 22.1 Å². The molecule has 0 aromatic carbocycles. The van der Waals surface area contributed by atoms with Crippen molar-refractivity contribution in [3.63, 3.8) is 0 Å². The van der Waals surface area contributed by atoms with Gasteiger partial charge in [0, 0.05) is 6.54 Å². The van der Waals surface area contributed by atoms with Gasteiger partial charge in [-0.25, -0.2) is 0 Å². The summed E-state index contributed by atoms with van der Waals surface area (Å²) in [7, 11) is 0. The molecule has 0 aliphatic heterocycles. The second-order valence-corrected chi connectivity index (χ2v) is 3.42. The van der Waals surface area contributed by atoms with Crippen molar-refractivity contribution in [2.75, 3.05) is 6.54 Å². The Labute approximate surface area is 78.3 Å². The van der Waals surface area contributed by atoms with E-state index in [9.17, 15) is 4.79 Å². The van der Waals surface area contributed by atoms with Gasteiger partial charge in [-0.1, -0.05) is 17.4 Å². The van der Waals surface area contributed by atoms with E-state index >= 15 is 0 Å². The van der Waals surface area contributed by atoms with Gasteiger partial charge in [0.15, 0.2) is 0 Å². The van der Waals surface area contributed by atoms with Crippen LogP contribution in [0, 0.1) is 0 Å². The van der Waals surface area contributed by atoms with Crippen LogP contribution in [0.15, 0.2) is 12.7 Å². The minimum Gasteiger partial charge on any atom is -0.346 e. The van der Waals surface area contributed by atoms with E-state index < -0.39 is 0 Å². The van der Waals surface area contributed by atoms with E-state index in [0.29, 0.717) is 6.54 Å². The molecule has 0 aliphatic carbocycles. The van der Waals surface area contributed by atoms with Crippen LogP contribution in [-0.2, 0) is 0 Å². The molecule has 0 spiro atoms. The number of hydrogen-bond donors (Lipinski definition) is 1. The Balaban J connectivity index is 2.59. The van der Waals surface area contributed by atoms with Crippen molar-refractivity contribution in [1.29, 1.82) is 0 Å². The summed E-state index contributed by atoms with van der Waals surface area (Å²) in [6.07, 6.45) is 1.58. The van der Waals surface area contributed by atoms with Crippen LogP contribution in [0.25, 0.3) is 0 Å². The van der Waals surface area contributed by atoms with Gasteiger partial charge in [0.2, 0.25) is 9.47 Å². The second-order valence-electron chi connectivity index (χ2n) is 1.86. The van der Waals surface area contributed by atoms with Crippen LogP contribution in [0.5, 0.6) is 0 Å². The number of nitrogens with one attached hydrogen (secondary N) is 1. The third-order valence-electron chi connectivity index (χ3n) is 1.00. The van der Waals surface area contributed by atoms with Crippen molar-refractivity contribution in [3.8, 4) is 0 Å². The molecule has 0 unspecified atom stereocenters. The summed E-state index contributed by atoms with van der Waals surface area (Å²) in [6, 6.07) is 0.